The second-order valence-electron chi connectivity index (χ2n) is 5.91. The largest absolute Gasteiger partial charge is 0.371 e. The zero-order valence-electron chi connectivity index (χ0n) is 13.8. The molecule has 1 aliphatic heterocycles. The number of hydrogen-bond donors (Lipinski definition) is 2. The lowest BCUT2D eigenvalue weighted by Gasteiger charge is -2.25. The second-order valence-corrected chi connectivity index (χ2v) is 5.91. The smallest absolute Gasteiger partial charge is 0.319 e. The number of urea groups is 1. The first-order valence-electron chi connectivity index (χ1n) is 7.84. The van der Waals surface area contributed by atoms with Crippen LogP contribution in [0.1, 0.15) is 11.1 Å². The van der Waals surface area contributed by atoms with Gasteiger partial charge in [0.15, 0.2) is 0 Å². The fraction of sp³-hybridized carbons (Fsp3) is 0.353. The van der Waals surface area contributed by atoms with Gasteiger partial charge in [-0.05, 0) is 11.1 Å². The molecule has 3 rings (SSSR count). The van der Waals surface area contributed by atoms with Crippen LogP contribution in [-0.2, 0) is 17.8 Å². The summed E-state index contributed by atoms with van der Waals surface area (Å²) in [4.78, 5) is 22.1. The Balaban J connectivity index is 1.48. The highest BCUT2D eigenvalue weighted by Gasteiger charge is 2.19. The Hall–Kier alpha value is -2.67. The molecule has 7 nitrogen and oxygen atoms in total. The van der Waals surface area contributed by atoms with E-state index in [-0.39, 0.29) is 12.1 Å². The summed E-state index contributed by atoms with van der Waals surface area (Å²) in [6, 6.07) is 7.92. The van der Waals surface area contributed by atoms with E-state index in [2.05, 4.69) is 32.7 Å². The molecule has 2 heterocycles. The van der Waals surface area contributed by atoms with Gasteiger partial charge in [0, 0.05) is 27.1 Å². The number of carbonyl (C=O) groups is 1. The number of aromatic nitrogens is 2. The number of carbonyl (C=O) groups excluding carboxylic acids is 1. The maximum absolute atomic E-state index is 12.0. The van der Waals surface area contributed by atoms with Crippen molar-refractivity contribution in [3.05, 3.63) is 47.8 Å². The van der Waals surface area contributed by atoms with Crippen molar-refractivity contribution < 1.29 is 9.53 Å². The van der Waals surface area contributed by atoms with Crippen molar-refractivity contribution in [1.29, 1.82) is 0 Å². The van der Waals surface area contributed by atoms with Gasteiger partial charge in [0.25, 0.3) is 0 Å². The summed E-state index contributed by atoms with van der Waals surface area (Å²) in [5.41, 5.74) is 3.05. The van der Waals surface area contributed by atoms with Crippen LogP contribution < -0.4 is 15.5 Å². The molecule has 2 amide bonds. The lowest BCUT2D eigenvalue weighted by atomic mass is 9.99. The maximum atomic E-state index is 12.0. The first-order valence-corrected chi connectivity index (χ1v) is 7.84. The van der Waals surface area contributed by atoms with Gasteiger partial charge in [0.1, 0.15) is 0 Å². The van der Waals surface area contributed by atoms with Gasteiger partial charge in [-0.25, -0.2) is 14.8 Å². The SMILES string of the molecule is CN(C)c1ncc(NC(=O)NC[C@@H]2Cc3ccccc3CO2)cn1. The van der Waals surface area contributed by atoms with Crippen LogP contribution in [0.5, 0.6) is 0 Å². The van der Waals surface area contributed by atoms with Gasteiger partial charge in [0.05, 0.1) is 30.8 Å². The number of hydrogen-bond acceptors (Lipinski definition) is 5. The molecule has 126 valence electrons. The molecule has 0 unspecified atom stereocenters. The van der Waals surface area contributed by atoms with Crippen molar-refractivity contribution in [2.75, 3.05) is 30.9 Å². The first kappa shape index (κ1) is 16.2. The Morgan fingerprint density at radius 3 is 2.67 bits per heavy atom. The Morgan fingerprint density at radius 1 is 1.25 bits per heavy atom. The van der Waals surface area contributed by atoms with Crippen LogP contribution in [0.25, 0.3) is 0 Å². The number of anilines is 2. The van der Waals surface area contributed by atoms with Crippen LogP contribution in [0.2, 0.25) is 0 Å². The van der Waals surface area contributed by atoms with Crippen LogP contribution in [0.15, 0.2) is 36.7 Å². The van der Waals surface area contributed by atoms with E-state index >= 15 is 0 Å². The monoisotopic (exact) mass is 327 g/mol. The molecule has 1 aromatic carbocycles. The summed E-state index contributed by atoms with van der Waals surface area (Å²) in [5.74, 6) is 0.593. The quantitative estimate of drug-likeness (QED) is 0.895. The minimum atomic E-state index is -0.293. The number of amides is 2. The van der Waals surface area contributed by atoms with Crippen molar-refractivity contribution in [3.63, 3.8) is 0 Å². The normalized spacial score (nSPS) is 16.2. The van der Waals surface area contributed by atoms with E-state index in [9.17, 15) is 4.79 Å². The van der Waals surface area contributed by atoms with Gasteiger partial charge < -0.3 is 20.3 Å². The molecule has 0 saturated heterocycles. The minimum absolute atomic E-state index is 0.0157. The predicted molar refractivity (Wildman–Crippen MR) is 92.1 cm³/mol. The van der Waals surface area contributed by atoms with E-state index in [4.69, 9.17) is 4.74 Å². The molecule has 0 radical (unpaired) electrons. The molecule has 2 N–H and O–H groups in total. The number of fused-ring (bicyclic) bond motifs is 1. The third kappa shape index (κ3) is 3.99. The molecule has 0 spiro atoms. The number of rotatable bonds is 4. The molecular formula is C17H21N5O2. The molecule has 7 heteroatoms. The molecule has 2 aromatic rings. The average molecular weight is 327 g/mol. The van der Waals surface area contributed by atoms with E-state index in [1.807, 2.05) is 26.2 Å². The highest BCUT2D eigenvalue weighted by molar-refractivity contribution is 5.88. The second kappa shape index (κ2) is 7.27. The van der Waals surface area contributed by atoms with Gasteiger partial charge in [-0.2, -0.15) is 0 Å². The van der Waals surface area contributed by atoms with E-state index in [1.54, 1.807) is 17.3 Å². The van der Waals surface area contributed by atoms with Crippen LogP contribution in [-0.4, -0.2) is 42.7 Å². The topological polar surface area (TPSA) is 79.4 Å². The highest BCUT2D eigenvalue weighted by atomic mass is 16.5. The Morgan fingerprint density at radius 2 is 1.96 bits per heavy atom. The molecule has 0 bridgehead atoms. The van der Waals surface area contributed by atoms with Gasteiger partial charge in [-0.1, -0.05) is 24.3 Å². The van der Waals surface area contributed by atoms with Crippen molar-refractivity contribution >= 4 is 17.7 Å². The summed E-state index contributed by atoms with van der Waals surface area (Å²) in [6.07, 6.45) is 3.94. The molecule has 24 heavy (non-hydrogen) atoms. The predicted octanol–water partition coefficient (Wildman–Crippen LogP) is 1.81. The fourth-order valence-corrected chi connectivity index (χ4v) is 2.54. The lowest BCUT2D eigenvalue weighted by Crippen LogP contribution is -2.38. The number of nitrogens with one attached hydrogen (secondary N) is 2. The first-order chi connectivity index (χ1) is 11.6. The summed E-state index contributed by atoms with van der Waals surface area (Å²) in [5, 5.41) is 5.55. The van der Waals surface area contributed by atoms with E-state index in [1.165, 1.54) is 11.1 Å². The van der Waals surface area contributed by atoms with Crippen LogP contribution in [0.4, 0.5) is 16.4 Å². The zero-order valence-corrected chi connectivity index (χ0v) is 13.8. The van der Waals surface area contributed by atoms with E-state index in [0.717, 1.165) is 6.42 Å². The molecule has 1 aliphatic rings. The molecule has 0 aliphatic carbocycles. The molecule has 0 fully saturated rings. The number of nitrogens with zero attached hydrogens (tertiary/aromatic N) is 3. The summed E-state index contributed by atoms with van der Waals surface area (Å²) in [6.45, 7) is 1.04. The van der Waals surface area contributed by atoms with Gasteiger partial charge in [-0.15, -0.1) is 0 Å². The number of benzene rings is 1. The average Bonchev–Trinajstić information content (AvgIpc) is 2.60. The van der Waals surface area contributed by atoms with Gasteiger partial charge in [-0.3, -0.25) is 0 Å². The van der Waals surface area contributed by atoms with Crippen LogP contribution in [0.3, 0.4) is 0 Å². The highest BCUT2D eigenvalue weighted by Crippen LogP contribution is 2.19. The Labute approximate surface area is 141 Å². The molecule has 1 aromatic heterocycles. The standard InChI is InChI=1S/C17H21N5O2/c1-22(2)16-18-8-14(9-19-16)21-17(23)20-10-15-7-12-5-3-4-6-13(12)11-24-15/h3-6,8-9,15H,7,10-11H2,1-2H3,(H2,20,21,23)/t15-/m0/s1. The lowest BCUT2D eigenvalue weighted by molar-refractivity contribution is 0.0308. The maximum Gasteiger partial charge on any atom is 0.319 e. The van der Waals surface area contributed by atoms with Crippen LogP contribution >= 0.6 is 0 Å². The summed E-state index contributed by atoms with van der Waals surface area (Å²) in [7, 11) is 3.72. The third-order valence-corrected chi connectivity index (χ3v) is 3.83. The van der Waals surface area contributed by atoms with Crippen molar-refractivity contribution in [2.24, 2.45) is 0 Å². The fourth-order valence-electron chi connectivity index (χ4n) is 2.54. The van der Waals surface area contributed by atoms with Gasteiger partial charge >= 0.3 is 6.03 Å². The van der Waals surface area contributed by atoms with Crippen molar-refractivity contribution in [3.8, 4) is 0 Å². The van der Waals surface area contributed by atoms with Crippen molar-refractivity contribution in [1.82, 2.24) is 15.3 Å². The number of ether oxygens (including phenoxy) is 1. The summed E-state index contributed by atoms with van der Waals surface area (Å²) < 4.78 is 5.77. The Kier molecular flexibility index (Phi) is 4.90. The summed E-state index contributed by atoms with van der Waals surface area (Å²) >= 11 is 0. The minimum Gasteiger partial charge on any atom is -0.371 e. The van der Waals surface area contributed by atoms with E-state index in [0.29, 0.717) is 24.8 Å². The van der Waals surface area contributed by atoms with Crippen LogP contribution in [0, 0.1) is 0 Å². The Bertz CT molecular complexity index is 702. The van der Waals surface area contributed by atoms with Crippen molar-refractivity contribution in [2.45, 2.75) is 19.1 Å². The van der Waals surface area contributed by atoms with E-state index < -0.39 is 0 Å². The molecular weight excluding hydrogens is 306 g/mol. The molecule has 0 saturated carbocycles. The molecule has 1 atom stereocenters. The third-order valence-electron chi connectivity index (χ3n) is 3.83. The van der Waals surface area contributed by atoms with Gasteiger partial charge in [0.2, 0.25) is 5.95 Å². The zero-order chi connectivity index (χ0) is 16.9.